The molecule has 0 amide bonds. The van der Waals surface area contributed by atoms with Crippen molar-refractivity contribution < 1.29 is 105 Å². The molecule has 2 atom stereocenters. The van der Waals surface area contributed by atoms with Gasteiger partial charge in [-0.05, 0) is 0 Å². The first-order valence-electron chi connectivity index (χ1n) is 2.28. The van der Waals surface area contributed by atoms with Gasteiger partial charge in [-0.1, -0.05) is 0 Å². The second-order valence-electron chi connectivity index (χ2n) is 1.57. The maximum Gasteiger partial charge on any atom is 1.00 e. The number of hydrogen-bond acceptors (Lipinski definition) is 4. The van der Waals surface area contributed by atoms with Crippen LogP contribution in [0.5, 0.6) is 0 Å². The molecule has 12 N–H and O–H groups in total. The van der Waals surface area contributed by atoms with Crippen molar-refractivity contribution >= 4 is 38.1 Å². The number of carboxylic acids is 2. The van der Waals surface area contributed by atoms with Crippen LogP contribution in [0, 0.1) is 0 Å². The molecule has 0 rings (SSSR count). The van der Waals surface area contributed by atoms with Crippen molar-refractivity contribution in [1.29, 1.82) is 0 Å². The Balaban J connectivity index is -0.0000000193. The summed E-state index contributed by atoms with van der Waals surface area (Å²) in [6, 6.07) is 0. The molecule has 16 heavy (non-hydrogen) atoms. The van der Waals surface area contributed by atoms with E-state index in [1.807, 2.05) is 0 Å². The molecule has 0 radical (unpaired) electrons. The average molecular weight is 474 g/mol. The van der Waals surface area contributed by atoms with Crippen molar-refractivity contribution in [1.82, 2.24) is 0 Å². The van der Waals surface area contributed by atoms with Gasteiger partial charge in [0.1, 0.15) is 0 Å². The van der Waals surface area contributed by atoms with Gasteiger partial charge in [-0.25, -0.2) is 9.59 Å². The fourth-order valence-corrected chi connectivity index (χ4v) is 0.270. The van der Waals surface area contributed by atoms with Crippen LogP contribution < -0.4 is 51.4 Å². The Morgan fingerprint density at radius 1 is 0.812 bits per heavy atom. The summed E-state index contributed by atoms with van der Waals surface area (Å²) in [7, 11) is 0. The third-order valence-corrected chi connectivity index (χ3v) is 0.805. The van der Waals surface area contributed by atoms with Gasteiger partial charge in [0.05, 0.1) is 0 Å². The number of hydrogen-bond donors (Lipinski definition) is 4. The zero-order valence-corrected chi connectivity index (χ0v) is 17.1. The van der Waals surface area contributed by atoms with E-state index >= 15 is 0 Å². The molecular formula is C4H18BiKO10. The van der Waals surface area contributed by atoms with Gasteiger partial charge in [0.2, 0.25) is 0 Å². The van der Waals surface area contributed by atoms with Gasteiger partial charge in [0, 0.05) is 0 Å². The molecular weight excluding hydrogens is 456 g/mol. The standard InChI is InChI=1S/C4H6O6.Bi.K.4H2O.4H/c5-1(3(7)8)2(6)4(9)10;;;;;;;;;;/h1-2,5-6H,(H,7,8)(H,9,10);;;4*1H2;;;;/q;;+1;;;;;;;;-1. The summed E-state index contributed by atoms with van der Waals surface area (Å²) in [5.74, 6) is -3.54. The molecule has 0 aromatic carbocycles. The molecule has 0 aliphatic carbocycles. The predicted octanol–water partition coefficient (Wildman–Crippen LogP) is -9.49. The summed E-state index contributed by atoms with van der Waals surface area (Å²) in [6.07, 6.45) is -4.53. The molecule has 0 fully saturated rings. The molecule has 2 unspecified atom stereocenters. The predicted molar refractivity (Wildman–Crippen MR) is 52.8 cm³/mol. The molecule has 0 aromatic rings. The van der Waals surface area contributed by atoms with Gasteiger partial charge >= 0.3 is 89.5 Å². The Labute approximate surface area is 153 Å². The van der Waals surface area contributed by atoms with E-state index in [4.69, 9.17) is 20.4 Å². The summed E-state index contributed by atoms with van der Waals surface area (Å²) >= 11 is 0. The monoisotopic (exact) mass is 474 g/mol. The van der Waals surface area contributed by atoms with Crippen LogP contribution >= 0.6 is 0 Å². The Morgan fingerprint density at radius 3 is 1.00 bits per heavy atom. The van der Waals surface area contributed by atoms with E-state index in [2.05, 4.69) is 0 Å². The average Bonchev–Trinajstić information content (AvgIpc) is 1.84. The van der Waals surface area contributed by atoms with Crippen LogP contribution in [0.15, 0.2) is 0 Å². The summed E-state index contributed by atoms with van der Waals surface area (Å²) in [5, 5.41) is 32.5. The third kappa shape index (κ3) is 17.6. The van der Waals surface area contributed by atoms with Gasteiger partial charge in [0.25, 0.3) is 0 Å². The van der Waals surface area contributed by atoms with Gasteiger partial charge in [-0.15, -0.1) is 0 Å². The number of aliphatic hydroxyl groups excluding tert-OH is 2. The van der Waals surface area contributed by atoms with Crippen molar-refractivity contribution in [2.45, 2.75) is 12.2 Å². The minimum atomic E-state index is -2.27. The van der Waals surface area contributed by atoms with Gasteiger partial charge in [-0.3, -0.25) is 0 Å². The first kappa shape index (κ1) is 43.4. The number of aliphatic carboxylic acids is 2. The van der Waals surface area contributed by atoms with Gasteiger partial charge in [-0.2, -0.15) is 0 Å². The molecule has 0 bridgehead atoms. The second kappa shape index (κ2) is 21.5. The Hall–Kier alpha value is 1.22. The van der Waals surface area contributed by atoms with Crippen LogP contribution in [0.25, 0.3) is 0 Å². The zero-order valence-electron chi connectivity index (χ0n) is 9.47. The van der Waals surface area contributed by atoms with Gasteiger partial charge < -0.3 is 43.8 Å². The van der Waals surface area contributed by atoms with Crippen molar-refractivity contribution in [2.24, 2.45) is 0 Å². The first-order chi connectivity index (χ1) is 4.46. The normalized spacial score (nSPS) is 9.88. The maximum absolute atomic E-state index is 9.77. The Morgan fingerprint density at radius 2 is 0.938 bits per heavy atom. The number of rotatable bonds is 3. The van der Waals surface area contributed by atoms with Crippen LogP contribution in [0.4, 0.5) is 0 Å². The molecule has 0 aromatic heterocycles. The van der Waals surface area contributed by atoms with E-state index in [9.17, 15) is 9.59 Å². The smallest absolute Gasteiger partial charge is 1.00 e. The summed E-state index contributed by atoms with van der Waals surface area (Å²) in [4.78, 5) is 19.5. The second-order valence-corrected chi connectivity index (χ2v) is 1.57. The van der Waals surface area contributed by atoms with Crippen LogP contribution in [0.3, 0.4) is 0 Å². The van der Waals surface area contributed by atoms with E-state index in [1.165, 1.54) is 0 Å². The number of aliphatic hydroxyl groups is 2. The zero-order chi connectivity index (χ0) is 8.31. The molecule has 10 nitrogen and oxygen atoms in total. The molecule has 12 heteroatoms. The van der Waals surface area contributed by atoms with E-state index < -0.39 is 24.1 Å². The molecule has 0 aliphatic heterocycles. The van der Waals surface area contributed by atoms with E-state index in [0.717, 1.165) is 0 Å². The van der Waals surface area contributed by atoms with Crippen LogP contribution in [0.1, 0.15) is 1.43 Å². The molecule has 0 saturated heterocycles. The van der Waals surface area contributed by atoms with Crippen molar-refractivity contribution in [3.63, 3.8) is 0 Å². The van der Waals surface area contributed by atoms with Crippen LogP contribution in [0.2, 0.25) is 0 Å². The summed E-state index contributed by atoms with van der Waals surface area (Å²) < 4.78 is 0. The Kier molecular flexibility index (Phi) is 58.3. The summed E-state index contributed by atoms with van der Waals surface area (Å²) in [6.45, 7) is 0. The van der Waals surface area contributed by atoms with Crippen molar-refractivity contribution in [2.75, 3.05) is 0 Å². The Bertz CT molecular complexity index is 152. The largest absolute Gasteiger partial charge is 1.00 e. The molecule has 0 spiro atoms. The van der Waals surface area contributed by atoms with Crippen molar-refractivity contribution in [3.8, 4) is 0 Å². The number of carbonyl (C=O) groups is 2. The fraction of sp³-hybridized carbons (Fsp3) is 0.500. The topological polar surface area (TPSA) is 241 Å². The maximum atomic E-state index is 9.77. The van der Waals surface area contributed by atoms with Crippen LogP contribution in [-0.2, 0) is 9.59 Å². The van der Waals surface area contributed by atoms with E-state index in [0.29, 0.717) is 0 Å². The molecule has 0 aliphatic rings. The minimum absolute atomic E-state index is 0. The minimum Gasteiger partial charge on any atom is -1.00 e. The molecule has 0 saturated carbocycles. The SMILES string of the molecule is O.O.O.O.O=C(O)C(O)C(O)C(=O)O.[BiH3].[H-].[K+]. The van der Waals surface area contributed by atoms with E-state index in [1.54, 1.807) is 0 Å². The van der Waals surface area contributed by atoms with Gasteiger partial charge in [0.15, 0.2) is 12.2 Å². The molecule has 0 heterocycles. The van der Waals surface area contributed by atoms with E-state index in [-0.39, 0.29) is 101 Å². The third-order valence-electron chi connectivity index (χ3n) is 0.805. The van der Waals surface area contributed by atoms with Crippen molar-refractivity contribution in [3.05, 3.63) is 0 Å². The fourth-order valence-electron chi connectivity index (χ4n) is 0.270. The molecule has 100 valence electrons. The first-order valence-corrected chi connectivity index (χ1v) is 2.28. The van der Waals surface area contributed by atoms with Crippen LogP contribution in [-0.4, -0.2) is 92.7 Å². The number of carboxylic acid groups (broad SMARTS) is 2. The quantitative estimate of drug-likeness (QED) is 0.289. The summed E-state index contributed by atoms with van der Waals surface area (Å²) in [5.41, 5.74) is 0.